The van der Waals surface area contributed by atoms with E-state index in [-0.39, 0.29) is 0 Å². The third-order valence-electron chi connectivity index (χ3n) is 0.775. The van der Waals surface area contributed by atoms with Crippen molar-refractivity contribution in [2.45, 2.75) is 19.6 Å². The average molecular weight is 205 g/mol. The maximum absolute atomic E-state index is 8.09. The molecule has 0 unspecified atom stereocenters. The fourth-order valence-corrected chi connectivity index (χ4v) is 0.173. The van der Waals surface area contributed by atoms with Crippen LogP contribution in [0.2, 0.25) is 19.6 Å². The third kappa shape index (κ3) is 8.30. The monoisotopic (exact) mass is 205 g/mol. The van der Waals surface area contributed by atoms with Crippen LogP contribution in [0.4, 0.5) is 0 Å². The van der Waals surface area contributed by atoms with Crippen molar-refractivity contribution in [3.63, 3.8) is 0 Å². The summed E-state index contributed by atoms with van der Waals surface area (Å²) in [4.78, 5) is 0. The Hall–Kier alpha value is -1.80. The molecule has 0 saturated carbocycles. The average Bonchev–Trinajstić information content (AvgIpc) is 2.07. The molecule has 0 aromatic carbocycles. The third-order valence-corrected chi connectivity index (χ3v) is 0.775. The molecule has 0 saturated heterocycles. The summed E-state index contributed by atoms with van der Waals surface area (Å²) in [6.07, 6.45) is -2.72. The van der Waals surface area contributed by atoms with Gasteiger partial charge in [0, 0.05) is 0 Å². The van der Waals surface area contributed by atoms with Gasteiger partial charge in [-0.3, -0.25) is 0 Å². The minimum atomic E-state index is -2.72. The molecule has 0 bridgehead atoms. The smallest absolute Gasteiger partial charge is 0.383 e. The number of hydrogen-bond donors (Lipinski definition) is 1. The molecule has 0 atom stereocenters. The Morgan fingerprint density at radius 1 is 0.857 bits per heavy atom. The van der Waals surface area contributed by atoms with Crippen LogP contribution in [0.5, 0.6) is 0 Å². The Kier molecular flexibility index (Phi) is 6.07. The molecule has 7 heteroatoms. The molecule has 5 nitrogen and oxygen atoms in total. The van der Waals surface area contributed by atoms with Gasteiger partial charge < -0.3 is 5.40 Å². The van der Waals surface area contributed by atoms with E-state index in [1.807, 2.05) is 0 Å². The molecule has 0 aliphatic heterocycles. The Labute approximate surface area is 85.0 Å². The van der Waals surface area contributed by atoms with Gasteiger partial charge in [0.05, 0.1) is 0 Å². The van der Waals surface area contributed by atoms with Crippen molar-refractivity contribution in [3.05, 3.63) is 0 Å². The van der Waals surface area contributed by atoms with Gasteiger partial charge in [-0.15, -0.1) is 23.9 Å². The highest BCUT2D eigenvalue weighted by Gasteiger charge is 2.22. The van der Waals surface area contributed by atoms with Gasteiger partial charge in [0.1, 0.15) is 0 Å². The molecule has 0 aliphatic rings. The molecule has 0 aliphatic carbocycles. The van der Waals surface area contributed by atoms with Crippen LogP contribution < -0.4 is 5.40 Å². The standard InChI is InChI=1S/C4BN4.C3H12NSi/c6-1-5(2-7,3-8)4-9;1-5(2,3)4/h;1-4H3/q-1;+1. The van der Waals surface area contributed by atoms with Crippen molar-refractivity contribution in [3.8, 4) is 23.9 Å². The summed E-state index contributed by atoms with van der Waals surface area (Å²) < 4.78 is 0. The fourth-order valence-electron chi connectivity index (χ4n) is 0.173. The summed E-state index contributed by atoms with van der Waals surface area (Å²) in [6.45, 7) is 6.65. The van der Waals surface area contributed by atoms with Crippen molar-refractivity contribution in [2.75, 3.05) is 0 Å². The van der Waals surface area contributed by atoms with Crippen molar-refractivity contribution in [1.29, 1.82) is 21.0 Å². The number of quaternary nitrogens is 1. The molecule has 0 rings (SSSR count). The molecule has 0 heterocycles. The second-order valence-corrected chi connectivity index (χ2v) is 9.06. The molecule has 0 radical (unpaired) electrons. The summed E-state index contributed by atoms with van der Waals surface area (Å²) in [7, 11) is -0.861. The van der Waals surface area contributed by atoms with Gasteiger partial charge in [-0.2, -0.15) is 0 Å². The molecule has 0 amide bonds. The van der Waals surface area contributed by atoms with Gasteiger partial charge >= 0.3 is 6.15 Å². The lowest BCUT2D eigenvalue weighted by Gasteiger charge is -1.98. The molecule has 0 spiro atoms. The number of nitriles is 4. The number of rotatable bonds is 0. The number of hydrogen-bond acceptors (Lipinski definition) is 4. The van der Waals surface area contributed by atoms with E-state index in [1.54, 1.807) is 0 Å². The summed E-state index contributed by atoms with van der Waals surface area (Å²) >= 11 is 0. The van der Waals surface area contributed by atoms with E-state index in [0.29, 0.717) is 0 Å². The van der Waals surface area contributed by atoms with E-state index >= 15 is 0 Å². The van der Waals surface area contributed by atoms with Gasteiger partial charge in [-0.05, 0) is 19.6 Å². The largest absolute Gasteiger partial charge is 0.417 e. The molecule has 0 fully saturated rings. The van der Waals surface area contributed by atoms with E-state index in [4.69, 9.17) is 21.0 Å². The fraction of sp³-hybridized carbons (Fsp3) is 0.429. The first-order valence-electron chi connectivity index (χ1n) is 3.90. The van der Waals surface area contributed by atoms with Gasteiger partial charge in [0.25, 0.3) is 8.24 Å². The highest BCUT2D eigenvalue weighted by atomic mass is 28.3. The molecule has 14 heavy (non-hydrogen) atoms. The molecular weight excluding hydrogens is 193 g/mol. The predicted molar refractivity (Wildman–Crippen MR) is 54.4 cm³/mol. The van der Waals surface area contributed by atoms with Crippen LogP contribution in [0.3, 0.4) is 0 Å². The van der Waals surface area contributed by atoms with Gasteiger partial charge in [-0.25, -0.2) is 21.0 Å². The highest BCUT2D eigenvalue weighted by molar-refractivity contribution is 7.05. The summed E-state index contributed by atoms with van der Waals surface area (Å²) in [5, 5.41) is 36.3. The summed E-state index contributed by atoms with van der Waals surface area (Å²) in [5.74, 6) is 5.38. The van der Waals surface area contributed by atoms with E-state index in [1.165, 1.54) is 23.9 Å². The van der Waals surface area contributed by atoms with Crippen LogP contribution in [0.25, 0.3) is 0 Å². The van der Waals surface area contributed by atoms with Crippen LogP contribution in [0, 0.1) is 44.9 Å². The van der Waals surface area contributed by atoms with Crippen LogP contribution in [-0.2, 0) is 0 Å². The maximum atomic E-state index is 8.09. The second kappa shape index (κ2) is 5.78. The highest BCUT2D eigenvalue weighted by Crippen LogP contribution is 1.92. The Balaban J connectivity index is 0. The summed E-state index contributed by atoms with van der Waals surface area (Å²) in [5.41, 5.74) is 0. The molecular formula is C7H12BN5Si. The SMILES string of the molecule is C[Si](C)(C)[NH3+].N#C[B-](C#N)(C#N)C#N. The van der Waals surface area contributed by atoms with Crippen molar-refractivity contribution in [2.24, 2.45) is 0 Å². The van der Waals surface area contributed by atoms with Gasteiger partial charge in [0.2, 0.25) is 0 Å². The summed E-state index contributed by atoms with van der Waals surface area (Å²) in [6, 6.07) is 0. The van der Waals surface area contributed by atoms with Crippen molar-refractivity contribution >= 4 is 14.4 Å². The minimum absolute atomic E-state index is 0.861. The number of nitrogens with zero attached hydrogens (tertiary/aromatic N) is 4. The first kappa shape index (κ1) is 14.7. The predicted octanol–water partition coefficient (Wildman–Crippen LogP) is -0.250. The lowest BCUT2D eigenvalue weighted by molar-refractivity contribution is -0.203. The Morgan fingerprint density at radius 2 is 1.00 bits per heavy atom. The first-order valence-corrected chi connectivity index (χ1v) is 7.61. The van der Waals surface area contributed by atoms with E-state index < -0.39 is 14.4 Å². The zero-order valence-corrected chi connectivity index (χ0v) is 9.57. The lowest BCUT2D eigenvalue weighted by Crippen LogP contribution is -2.71. The van der Waals surface area contributed by atoms with Gasteiger partial charge in [-0.1, -0.05) is 0 Å². The zero-order valence-electron chi connectivity index (χ0n) is 8.57. The minimum Gasteiger partial charge on any atom is -0.417 e. The molecule has 0 aromatic heterocycles. The quantitative estimate of drug-likeness (QED) is 0.547. The maximum Gasteiger partial charge on any atom is 0.383 e. The van der Waals surface area contributed by atoms with Crippen molar-refractivity contribution in [1.82, 2.24) is 0 Å². The van der Waals surface area contributed by atoms with Crippen LogP contribution in [0.1, 0.15) is 0 Å². The van der Waals surface area contributed by atoms with Crippen molar-refractivity contribution < 1.29 is 5.40 Å². The van der Waals surface area contributed by atoms with E-state index in [9.17, 15) is 0 Å². The molecule has 3 N–H and O–H groups in total. The van der Waals surface area contributed by atoms with E-state index in [0.717, 1.165) is 0 Å². The topological polar surface area (TPSA) is 123 Å². The molecule has 0 aromatic rings. The van der Waals surface area contributed by atoms with Gasteiger partial charge in [0.15, 0.2) is 0 Å². The van der Waals surface area contributed by atoms with Crippen LogP contribution >= 0.6 is 0 Å². The molecule has 72 valence electrons. The van der Waals surface area contributed by atoms with Crippen LogP contribution in [-0.4, -0.2) is 14.4 Å². The Bertz CT molecular complexity index is 277. The normalized spacial score (nSPS) is 9.14. The Morgan fingerprint density at radius 3 is 1.00 bits per heavy atom. The van der Waals surface area contributed by atoms with E-state index in [2.05, 4.69) is 25.0 Å². The lowest BCUT2D eigenvalue weighted by atomic mass is 9.30. The second-order valence-electron chi connectivity index (χ2n) is 3.94. The van der Waals surface area contributed by atoms with Crippen LogP contribution in [0.15, 0.2) is 0 Å². The zero-order chi connectivity index (χ0) is 11.8. The first-order chi connectivity index (χ1) is 6.24.